The van der Waals surface area contributed by atoms with Crippen LogP contribution in [0.25, 0.3) is 10.2 Å². The summed E-state index contributed by atoms with van der Waals surface area (Å²) in [4.78, 5) is 19.6. The molecule has 5 heteroatoms. The first-order valence-electron chi connectivity index (χ1n) is 9.71. The average Bonchev–Trinajstić information content (AvgIpc) is 3.34. The van der Waals surface area contributed by atoms with E-state index in [0.29, 0.717) is 11.6 Å². The van der Waals surface area contributed by atoms with Crippen LogP contribution in [0.5, 0.6) is 0 Å². The first-order chi connectivity index (χ1) is 13.3. The Labute approximate surface area is 163 Å². The largest absolute Gasteiger partial charge is 0.348 e. The summed E-state index contributed by atoms with van der Waals surface area (Å²) in [5.41, 5.74) is 6.42. The third-order valence-electron chi connectivity index (χ3n) is 5.93. The quantitative estimate of drug-likeness (QED) is 0.758. The summed E-state index contributed by atoms with van der Waals surface area (Å²) < 4.78 is 1.12. The molecule has 1 atom stereocenters. The van der Waals surface area contributed by atoms with Crippen LogP contribution in [-0.2, 0) is 12.8 Å². The highest BCUT2D eigenvalue weighted by Crippen LogP contribution is 2.27. The molecule has 0 saturated carbocycles. The maximum atomic E-state index is 12.7. The minimum absolute atomic E-state index is 0.0199. The minimum Gasteiger partial charge on any atom is -0.348 e. The van der Waals surface area contributed by atoms with Gasteiger partial charge in [0.15, 0.2) is 0 Å². The fourth-order valence-electron chi connectivity index (χ4n) is 4.52. The van der Waals surface area contributed by atoms with E-state index >= 15 is 0 Å². The van der Waals surface area contributed by atoms with Crippen LogP contribution in [0.15, 0.2) is 48.0 Å². The topological polar surface area (TPSA) is 45.2 Å². The number of carbonyl (C=O) groups is 1. The molecule has 0 bridgehead atoms. The Morgan fingerprint density at radius 3 is 2.78 bits per heavy atom. The Kier molecular flexibility index (Phi) is 4.42. The number of amides is 1. The van der Waals surface area contributed by atoms with Gasteiger partial charge in [0, 0.05) is 24.2 Å². The second-order valence-corrected chi connectivity index (χ2v) is 8.56. The molecule has 138 valence electrons. The number of thiazole rings is 1. The fourth-order valence-corrected chi connectivity index (χ4v) is 5.18. The van der Waals surface area contributed by atoms with Crippen molar-refractivity contribution >= 4 is 27.5 Å². The Balaban J connectivity index is 1.24. The van der Waals surface area contributed by atoms with E-state index in [2.05, 4.69) is 39.5 Å². The molecule has 0 spiro atoms. The number of hydrogen-bond donors (Lipinski definition) is 1. The molecule has 1 saturated heterocycles. The first-order valence-corrected chi connectivity index (χ1v) is 10.6. The van der Waals surface area contributed by atoms with Gasteiger partial charge in [0.1, 0.15) is 0 Å². The molecule has 5 rings (SSSR count). The molecule has 1 aliphatic heterocycles. The second kappa shape index (κ2) is 7.06. The van der Waals surface area contributed by atoms with E-state index < -0.39 is 0 Å². The van der Waals surface area contributed by atoms with E-state index in [1.807, 2.05) is 23.7 Å². The zero-order valence-corrected chi connectivity index (χ0v) is 16.0. The van der Waals surface area contributed by atoms with Crippen LogP contribution >= 0.6 is 11.3 Å². The summed E-state index contributed by atoms with van der Waals surface area (Å²) in [5.74, 6) is 0.0199. The van der Waals surface area contributed by atoms with Gasteiger partial charge in [-0.15, -0.1) is 11.3 Å². The number of nitrogens with one attached hydrogen (secondary N) is 1. The van der Waals surface area contributed by atoms with Gasteiger partial charge in [-0.05, 0) is 61.6 Å². The van der Waals surface area contributed by atoms with Gasteiger partial charge in [-0.3, -0.25) is 9.69 Å². The number of likely N-dealkylation sites (tertiary alicyclic amines) is 1. The van der Waals surface area contributed by atoms with Crippen LogP contribution < -0.4 is 5.32 Å². The van der Waals surface area contributed by atoms with E-state index in [4.69, 9.17) is 0 Å². The van der Waals surface area contributed by atoms with Gasteiger partial charge in [0.2, 0.25) is 0 Å². The van der Waals surface area contributed by atoms with Crippen molar-refractivity contribution in [3.05, 3.63) is 64.7 Å². The van der Waals surface area contributed by atoms with Gasteiger partial charge < -0.3 is 5.32 Å². The standard InChI is InChI=1S/C22H23N3OS/c26-22(17-7-8-21-20(12-17)23-14-27-21)24-18-6-3-9-25(13-18)19-10-15-4-1-2-5-16(15)11-19/h1-2,4-5,7-8,12,14,18-19H,3,6,9-11,13H2,(H,24,26)/t18-/m0/s1. The van der Waals surface area contributed by atoms with E-state index in [9.17, 15) is 4.79 Å². The highest BCUT2D eigenvalue weighted by atomic mass is 32.1. The molecule has 2 aliphatic rings. The van der Waals surface area contributed by atoms with Crippen molar-refractivity contribution in [1.29, 1.82) is 0 Å². The molecule has 1 fully saturated rings. The van der Waals surface area contributed by atoms with Gasteiger partial charge in [-0.2, -0.15) is 0 Å². The molecule has 1 aliphatic carbocycles. The van der Waals surface area contributed by atoms with Crippen molar-refractivity contribution in [3.63, 3.8) is 0 Å². The molecule has 3 aromatic rings. The SMILES string of the molecule is O=C(N[C@H]1CCCN(C2Cc3ccccc3C2)C1)c1ccc2scnc2c1. The van der Waals surface area contributed by atoms with Gasteiger partial charge in [-0.1, -0.05) is 24.3 Å². The van der Waals surface area contributed by atoms with Crippen molar-refractivity contribution in [3.8, 4) is 0 Å². The van der Waals surface area contributed by atoms with Crippen LogP contribution in [0.3, 0.4) is 0 Å². The van der Waals surface area contributed by atoms with Crippen molar-refractivity contribution in [1.82, 2.24) is 15.2 Å². The van der Waals surface area contributed by atoms with Gasteiger partial charge in [-0.25, -0.2) is 4.98 Å². The Bertz CT molecular complexity index is 957. The lowest BCUT2D eigenvalue weighted by Gasteiger charge is -2.37. The molecule has 4 nitrogen and oxygen atoms in total. The molecule has 1 aromatic heterocycles. The van der Waals surface area contributed by atoms with Crippen LogP contribution in [0.1, 0.15) is 34.3 Å². The number of rotatable bonds is 3. The number of fused-ring (bicyclic) bond motifs is 2. The lowest BCUT2D eigenvalue weighted by atomic mass is 10.0. The average molecular weight is 378 g/mol. The highest BCUT2D eigenvalue weighted by Gasteiger charge is 2.30. The Morgan fingerprint density at radius 1 is 1.15 bits per heavy atom. The lowest BCUT2D eigenvalue weighted by Crippen LogP contribution is -2.51. The van der Waals surface area contributed by atoms with Crippen molar-refractivity contribution in [2.45, 2.75) is 37.8 Å². The third kappa shape index (κ3) is 3.37. The van der Waals surface area contributed by atoms with E-state index in [0.717, 1.165) is 49.0 Å². The molecule has 1 N–H and O–H groups in total. The molecule has 27 heavy (non-hydrogen) atoms. The number of benzene rings is 2. The number of carbonyl (C=O) groups excluding carboxylic acids is 1. The molecule has 1 amide bonds. The zero-order chi connectivity index (χ0) is 18.2. The summed E-state index contributed by atoms with van der Waals surface area (Å²) >= 11 is 1.60. The normalized spacial score (nSPS) is 20.7. The predicted octanol–water partition coefficient (Wildman–Crippen LogP) is 3.66. The number of piperidine rings is 1. The predicted molar refractivity (Wildman–Crippen MR) is 109 cm³/mol. The monoisotopic (exact) mass is 377 g/mol. The molecule has 0 radical (unpaired) electrons. The molecular weight excluding hydrogens is 354 g/mol. The zero-order valence-electron chi connectivity index (χ0n) is 15.2. The van der Waals surface area contributed by atoms with Crippen LogP contribution in [0.4, 0.5) is 0 Å². The number of hydrogen-bond acceptors (Lipinski definition) is 4. The summed E-state index contributed by atoms with van der Waals surface area (Å²) in [6.45, 7) is 2.08. The van der Waals surface area contributed by atoms with Gasteiger partial charge in [0.25, 0.3) is 5.91 Å². The molecular formula is C22H23N3OS. The van der Waals surface area contributed by atoms with Gasteiger partial charge >= 0.3 is 0 Å². The van der Waals surface area contributed by atoms with E-state index in [1.165, 1.54) is 11.1 Å². The van der Waals surface area contributed by atoms with Crippen LogP contribution in [0.2, 0.25) is 0 Å². The summed E-state index contributed by atoms with van der Waals surface area (Å²) in [7, 11) is 0. The van der Waals surface area contributed by atoms with Crippen molar-refractivity contribution in [2.24, 2.45) is 0 Å². The smallest absolute Gasteiger partial charge is 0.251 e. The highest BCUT2D eigenvalue weighted by molar-refractivity contribution is 7.16. The fraction of sp³-hybridized carbons (Fsp3) is 0.364. The Morgan fingerprint density at radius 2 is 1.96 bits per heavy atom. The second-order valence-electron chi connectivity index (χ2n) is 7.67. The number of nitrogens with zero attached hydrogens (tertiary/aromatic N) is 2. The van der Waals surface area contributed by atoms with Crippen molar-refractivity contribution in [2.75, 3.05) is 13.1 Å². The summed E-state index contributed by atoms with van der Waals surface area (Å²) in [6, 6.07) is 15.4. The van der Waals surface area contributed by atoms with Crippen molar-refractivity contribution < 1.29 is 4.79 Å². The molecule has 0 unspecified atom stereocenters. The van der Waals surface area contributed by atoms with E-state index in [-0.39, 0.29) is 11.9 Å². The van der Waals surface area contributed by atoms with Gasteiger partial charge in [0.05, 0.1) is 15.7 Å². The molecule has 2 heterocycles. The van der Waals surface area contributed by atoms with Crippen LogP contribution in [0, 0.1) is 0 Å². The van der Waals surface area contributed by atoms with E-state index in [1.54, 1.807) is 11.3 Å². The summed E-state index contributed by atoms with van der Waals surface area (Å²) in [5, 5.41) is 3.26. The minimum atomic E-state index is 0.0199. The van der Waals surface area contributed by atoms with Crippen LogP contribution in [-0.4, -0.2) is 41.0 Å². The third-order valence-corrected chi connectivity index (χ3v) is 6.74. The first kappa shape index (κ1) is 16.9. The summed E-state index contributed by atoms with van der Waals surface area (Å²) in [6.07, 6.45) is 4.47. The maximum Gasteiger partial charge on any atom is 0.251 e. The number of aromatic nitrogens is 1. The maximum absolute atomic E-state index is 12.7. The lowest BCUT2D eigenvalue weighted by molar-refractivity contribution is 0.0876. The Hall–Kier alpha value is -2.24. The molecule has 2 aromatic carbocycles.